The molecule has 0 aliphatic carbocycles. The van der Waals surface area contributed by atoms with Gasteiger partial charge in [0.1, 0.15) is 11.6 Å². The highest BCUT2D eigenvalue weighted by atomic mass is 79.9. The second kappa shape index (κ2) is 6.22. The van der Waals surface area contributed by atoms with Crippen LogP contribution < -0.4 is 5.32 Å². The Morgan fingerprint density at radius 2 is 2.05 bits per heavy atom. The van der Waals surface area contributed by atoms with Crippen LogP contribution in [-0.2, 0) is 0 Å². The molecule has 0 spiro atoms. The van der Waals surface area contributed by atoms with Crippen molar-refractivity contribution in [1.29, 1.82) is 0 Å². The van der Waals surface area contributed by atoms with Crippen LogP contribution in [0.2, 0.25) is 0 Å². The highest BCUT2D eigenvalue weighted by Gasteiger charge is 2.12. The van der Waals surface area contributed by atoms with E-state index in [-0.39, 0.29) is 17.2 Å². The van der Waals surface area contributed by atoms with Crippen LogP contribution in [0.3, 0.4) is 0 Å². The van der Waals surface area contributed by atoms with Crippen molar-refractivity contribution in [3.05, 3.63) is 51.9 Å². The zero-order valence-corrected chi connectivity index (χ0v) is 13.1. The number of benzene rings is 1. The van der Waals surface area contributed by atoms with Crippen molar-refractivity contribution in [3.8, 4) is 0 Å². The van der Waals surface area contributed by atoms with E-state index in [9.17, 15) is 9.18 Å². The van der Waals surface area contributed by atoms with Crippen LogP contribution in [0, 0.1) is 5.82 Å². The number of rotatable bonds is 4. The predicted molar refractivity (Wildman–Crippen MR) is 82.7 cm³/mol. The van der Waals surface area contributed by atoms with E-state index in [4.69, 9.17) is 5.11 Å². The average Bonchev–Trinajstić information content (AvgIpc) is 2.42. The summed E-state index contributed by atoms with van der Waals surface area (Å²) in [6.45, 7) is 3.83. The normalized spacial score (nSPS) is 10.7. The number of carboxylic acid groups (broad SMARTS) is 1. The maximum Gasteiger partial charge on any atom is 0.335 e. The van der Waals surface area contributed by atoms with Crippen molar-refractivity contribution < 1.29 is 14.3 Å². The Kier molecular flexibility index (Phi) is 4.57. The molecule has 0 aliphatic rings. The SMILES string of the molecule is CC(C)c1cc(C(=O)O)cc(Nc2cc(Br)ccc2F)n1. The lowest BCUT2D eigenvalue weighted by atomic mass is 10.1. The van der Waals surface area contributed by atoms with E-state index >= 15 is 0 Å². The summed E-state index contributed by atoms with van der Waals surface area (Å²) in [5.41, 5.74) is 0.980. The highest BCUT2D eigenvalue weighted by Crippen LogP contribution is 2.25. The molecule has 0 aliphatic heterocycles. The Bertz CT molecular complexity index is 689. The third-order valence-electron chi connectivity index (χ3n) is 2.87. The summed E-state index contributed by atoms with van der Waals surface area (Å²) in [5.74, 6) is -1.11. The number of nitrogens with one attached hydrogen (secondary N) is 1. The first-order valence-electron chi connectivity index (χ1n) is 6.34. The van der Waals surface area contributed by atoms with Crippen LogP contribution in [-0.4, -0.2) is 16.1 Å². The summed E-state index contributed by atoms with van der Waals surface area (Å²) in [7, 11) is 0. The number of aromatic carboxylic acids is 1. The third kappa shape index (κ3) is 3.78. The van der Waals surface area contributed by atoms with Crippen LogP contribution >= 0.6 is 15.9 Å². The van der Waals surface area contributed by atoms with Gasteiger partial charge in [-0.05, 0) is 36.2 Å². The van der Waals surface area contributed by atoms with Crippen molar-refractivity contribution in [2.45, 2.75) is 19.8 Å². The van der Waals surface area contributed by atoms with Gasteiger partial charge in [-0.1, -0.05) is 29.8 Å². The Balaban J connectivity index is 2.43. The maximum atomic E-state index is 13.7. The molecular formula is C15H14BrFN2O2. The number of halogens is 2. The third-order valence-corrected chi connectivity index (χ3v) is 3.37. The fourth-order valence-corrected chi connectivity index (χ4v) is 2.13. The molecule has 0 amide bonds. The first-order chi connectivity index (χ1) is 9.86. The van der Waals surface area contributed by atoms with E-state index in [0.29, 0.717) is 16.0 Å². The minimum absolute atomic E-state index is 0.0669. The second-order valence-electron chi connectivity index (χ2n) is 4.87. The standard InChI is InChI=1S/C15H14BrFN2O2/c1-8(2)12-5-9(15(20)21)6-14(18-12)19-13-7-10(16)3-4-11(13)17/h3-8H,1-2H3,(H,18,19)(H,20,21). The maximum absolute atomic E-state index is 13.7. The number of carboxylic acids is 1. The molecule has 1 heterocycles. The Labute approximate surface area is 130 Å². The minimum Gasteiger partial charge on any atom is -0.478 e. The Morgan fingerprint density at radius 1 is 1.33 bits per heavy atom. The van der Waals surface area contributed by atoms with Gasteiger partial charge in [-0.2, -0.15) is 0 Å². The topological polar surface area (TPSA) is 62.2 Å². The zero-order chi connectivity index (χ0) is 15.6. The predicted octanol–water partition coefficient (Wildman–Crippen LogP) is 4.55. The van der Waals surface area contributed by atoms with Gasteiger partial charge in [0, 0.05) is 10.2 Å². The van der Waals surface area contributed by atoms with Crippen LogP contribution in [0.1, 0.15) is 35.8 Å². The van der Waals surface area contributed by atoms with E-state index in [0.717, 1.165) is 0 Å². The van der Waals surface area contributed by atoms with Gasteiger partial charge in [-0.15, -0.1) is 0 Å². The number of carbonyl (C=O) groups is 1. The fraction of sp³-hybridized carbons (Fsp3) is 0.200. The molecule has 6 heteroatoms. The van der Waals surface area contributed by atoms with E-state index < -0.39 is 11.8 Å². The van der Waals surface area contributed by atoms with Crippen LogP contribution in [0.15, 0.2) is 34.8 Å². The molecule has 2 rings (SSSR count). The van der Waals surface area contributed by atoms with E-state index in [1.165, 1.54) is 18.2 Å². The molecule has 110 valence electrons. The number of anilines is 2. The van der Waals surface area contributed by atoms with Crippen molar-refractivity contribution in [2.24, 2.45) is 0 Å². The smallest absolute Gasteiger partial charge is 0.335 e. The van der Waals surface area contributed by atoms with Crippen LogP contribution in [0.5, 0.6) is 0 Å². The van der Waals surface area contributed by atoms with Crippen molar-refractivity contribution in [3.63, 3.8) is 0 Å². The molecule has 0 bridgehead atoms. The number of hydrogen-bond acceptors (Lipinski definition) is 3. The molecule has 1 aromatic carbocycles. The lowest BCUT2D eigenvalue weighted by molar-refractivity contribution is 0.0696. The van der Waals surface area contributed by atoms with Crippen molar-refractivity contribution >= 4 is 33.4 Å². The van der Waals surface area contributed by atoms with Crippen LogP contribution in [0.25, 0.3) is 0 Å². The summed E-state index contributed by atoms with van der Waals surface area (Å²) in [6.07, 6.45) is 0. The molecule has 4 nitrogen and oxygen atoms in total. The van der Waals surface area contributed by atoms with Gasteiger partial charge in [0.25, 0.3) is 0 Å². The number of aromatic nitrogens is 1. The molecule has 1 aromatic heterocycles. The quantitative estimate of drug-likeness (QED) is 0.847. The Hall–Kier alpha value is -1.95. The van der Waals surface area contributed by atoms with E-state index in [1.54, 1.807) is 12.1 Å². The van der Waals surface area contributed by atoms with Crippen molar-refractivity contribution in [2.75, 3.05) is 5.32 Å². The first-order valence-corrected chi connectivity index (χ1v) is 7.13. The van der Waals surface area contributed by atoms with Gasteiger partial charge in [0.05, 0.1) is 11.3 Å². The molecule has 0 fully saturated rings. The highest BCUT2D eigenvalue weighted by molar-refractivity contribution is 9.10. The van der Waals surface area contributed by atoms with Gasteiger partial charge in [-0.25, -0.2) is 14.2 Å². The van der Waals surface area contributed by atoms with Gasteiger partial charge < -0.3 is 10.4 Å². The molecule has 21 heavy (non-hydrogen) atoms. The summed E-state index contributed by atoms with van der Waals surface area (Å²) in [6, 6.07) is 7.38. The van der Waals surface area contributed by atoms with E-state index in [1.807, 2.05) is 13.8 Å². The zero-order valence-electron chi connectivity index (χ0n) is 11.5. The fourth-order valence-electron chi connectivity index (χ4n) is 1.77. The Morgan fingerprint density at radius 3 is 2.67 bits per heavy atom. The van der Waals surface area contributed by atoms with Gasteiger partial charge >= 0.3 is 5.97 Å². The summed E-state index contributed by atoms with van der Waals surface area (Å²) >= 11 is 3.26. The summed E-state index contributed by atoms with van der Waals surface area (Å²) < 4.78 is 14.5. The molecule has 2 N–H and O–H groups in total. The van der Waals surface area contributed by atoms with Crippen molar-refractivity contribution in [1.82, 2.24) is 4.98 Å². The molecule has 0 saturated heterocycles. The first kappa shape index (κ1) is 15.4. The largest absolute Gasteiger partial charge is 0.478 e. The number of pyridine rings is 1. The lowest BCUT2D eigenvalue weighted by Gasteiger charge is -2.12. The summed E-state index contributed by atoms with van der Waals surface area (Å²) in [5, 5.41) is 12.0. The molecule has 0 atom stereocenters. The molecule has 2 aromatic rings. The van der Waals surface area contributed by atoms with E-state index in [2.05, 4.69) is 26.2 Å². The van der Waals surface area contributed by atoms with Crippen LogP contribution in [0.4, 0.5) is 15.9 Å². The molecule has 0 saturated carbocycles. The molecule has 0 radical (unpaired) electrons. The minimum atomic E-state index is -1.04. The monoisotopic (exact) mass is 352 g/mol. The van der Waals surface area contributed by atoms with Gasteiger partial charge in [-0.3, -0.25) is 0 Å². The second-order valence-corrected chi connectivity index (χ2v) is 5.79. The molecular weight excluding hydrogens is 339 g/mol. The molecule has 0 unspecified atom stereocenters. The van der Waals surface area contributed by atoms with Gasteiger partial charge in [0.15, 0.2) is 0 Å². The lowest BCUT2D eigenvalue weighted by Crippen LogP contribution is -2.05. The average molecular weight is 353 g/mol. The number of nitrogens with zero attached hydrogens (tertiary/aromatic N) is 1. The summed E-state index contributed by atoms with van der Waals surface area (Å²) in [4.78, 5) is 15.5. The number of hydrogen-bond donors (Lipinski definition) is 2. The van der Waals surface area contributed by atoms with Gasteiger partial charge in [0.2, 0.25) is 0 Å².